The summed E-state index contributed by atoms with van der Waals surface area (Å²) >= 11 is 1.87. The first-order chi connectivity index (χ1) is 8.81. The van der Waals surface area contributed by atoms with Gasteiger partial charge in [-0.25, -0.2) is 9.97 Å². The first kappa shape index (κ1) is 15.3. The molecule has 1 heterocycles. The van der Waals surface area contributed by atoms with Crippen LogP contribution in [0.4, 0.5) is 5.95 Å². The SMILES string of the molecule is CCCCc1ccnc(N(CCC)CCSC)n1. The maximum atomic E-state index is 4.69. The molecule has 0 bridgehead atoms. The van der Waals surface area contributed by atoms with E-state index in [1.165, 1.54) is 18.5 Å². The van der Waals surface area contributed by atoms with Gasteiger partial charge in [0.2, 0.25) is 5.95 Å². The minimum atomic E-state index is 0.902. The topological polar surface area (TPSA) is 29.0 Å². The largest absolute Gasteiger partial charge is 0.340 e. The Balaban J connectivity index is 2.70. The zero-order valence-electron chi connectivity index (χ0n) is 11.9. The number of unbranched alkanes of at least 4 members (excludes halogenated alkanes) is 1. The minimum absolute atomic E-state index is 0.902. The summed E-state index contributed by atoms with van der Waals surface area (Å²) in [5.41, 5.74) is 1.17. The van der Waals surface area contributed by atoms with Gasteiger partial charge in [0.1, 0.15) is 0 Å². The number of rotatable bonds is 9. The van der Waals surface area contributed by atoms with Crippen molar-refractivity contribution >= 4 is 17.7 Å². The molecule has 4 heteroatoms. The molecule has 3 nitrogen and oxygen atoms in total. The summed E-state index contributed by atoms with van der Waals surface area (Å²) in [5, 5.41) is 0. The first-order valence-corrected chi connectivity index (χ1v) is 8.27. The molecule has 1 aromatic heterocycles. The molecule has 18 heavy (non-hydrogen) atoms. The Morgan fingerprint density at radius 3 is 2.72 bits per heavy atom. The van der Waals surface area contributed by atoms with E-state index in [4.69, 9.17) is 0 Å². The van der Waals surface area contributed by atoms with Gasteiger partial charge in [-0.15, -0.1) is 0 Å². The summed E-state index contributed by atoms with van der Waals surface area (Å²) in [6, 6.07) is 2.04. The number of aryl methyl sites for hydroxylation is 1. The van der Waals surface area contributed by atoms with Gasteiger partial charge in [0.25, 0.3) is 0 Å². The number of anilines is 1. The van der Waals surface area contributed by atoms with Crippen LogP contribution >= 0.6 is 11.8 Å². The van der Waals surface area contributed by atoms with E-state index in [1.54, 1.807) is 0 Å². The highest BCUT2D eigenvalue weighted by atomic mass is 32.2. The molecule has 0 N–H and O–H groups in total. The molecule has 1 rings (SSSR count). The van der Waals surface area contributed by atoms with Crippen molar-refractivity contribution in [1.82, 2.24) is 9.97 Å². The van der Waals surface area contributed by atoms with Crippen molar-refractivity contribution in [3.63, 3.8) is 0 Å². The molecule has 0 fully saturated rings. The van der Waals surface area contributed by atoms with Crippen molar-refractivity contribution in [3.8, 4) is 0 Å². The van der Waals surface area contributed by atoms with Crippen molar-refractivity contribution in [1.29, 1.82) is 0 Å². The van der Waals surface area contributed by atoms with Crippen molar-refractivity contribution < 1.29 is 0 Å². The molecule has 0 saturated heterocycles. The van der Waals surface area contributed by atoms with Gasteiger partial charge >= 0.3 is 0 Å². The molecule has 0 aliphatic rings. The lowest BCUT2D eigenvalue weighted by molar-refractivity contribution is 0.740. The summed E-state index contributed by atoms with van der Waals surface area (Å²) in [4.78, 5) is 11.4. The average molecular weight is 267 g/mol. The molecular weight excluding hydrogens is 242 g/mol. The molecule has 0 atom stereocenters. The van der Waals surface area contributed by atoms with Crippen molar-refractivity contribution in [2.24, 2.45) is 0 Å². The Morgan fingerprint density at radius 2 is 2.06 bits per heavy atom. The van der Waals surface area contributed by atoms with Crippen LogP contribution in [0.1, 0.15) is 38.8 Å². The Bertz CT molecular complexity index is 331. The summed E-state index contributed by atoms with van der Waals surface area (Å²) in [6.45, 7) is 6.49. The third-order valence-electron chi connectivity index (χ3n) is 2.83. The third-order valence-corrected chi connectivity index (χ3v) is 3.42. The summed E-state index contributed by atoms with van der Waals surface area (Å²) in [7, 11) is 0. The minimum Gasteiger partial charge on any atom is -0.340 e. The van der Waals surface area contributed by atoms with Crippen LogP contribution in [-0.4, -0.2) is 35.1 Å². The third kappa shape index (κ3) is 5.25. The predicted molar refractivity (Wildman–Crippen MR) is 81.5 cm³/mol. The molecule has 0 amide bonds. The van der Waals surface area contributed by atoms with Gasteiger partial charge in [0.15, 0.2) is 0 Å². The molecule has 0 aliphatic carbocycles. The molecule has 0 aromatic carbocycles. The number of hydrogen-bond donors (Lipinski definition) is 0. The molecular formula is C14H25N3S. The molecule has 0 aliphatic heterocycles. The second-order valence-corrected chi connectivity index (χ2v) is 5.42. The van der Waals surface area contributed by atoms with E-state index in [2.05, 4.69) is 35.0 Å². The summed E-state index contributed by atoms with van der Waals surface area (Å²) in [6.07, 6.45) is 8.66. The molecule has 1 aromatic rings. The van der Waals surface area contributed by atoms with Gasteiger partial charge in [-0.3, -0.25) is 0 Å². The molecule has 0 unspecified atom stereocenters. The zero-order valence-corrected chi connectivity index (χ0v) is 12.7. The number of hydrogen-bond acceptors (Lipinski definition) is 4. The fourth-order valence-electron chi connectivity index (χ4n) is 1.82. The smallest absolute Gasteiger partial charge is 0.225 e. The van der Waals surface area contributed by atoms with Crippen molar-refractivity contribution in [3.05, 3.63) is 18.0 Å². The van der Waals surface area contributed by atoms with Gasteiger partial charge in [0.05, 0.1) is 0 Å². The van der Waals surface area contributed by atoms with E-state index in [0.717, 1.165) is 37.6 Å². The summed E-state index contributed by atoms with van der Waals surface area (Å²) in [5.74, 6) is 2.03. The van der Waals surface area contributed by atoms with Crippen LogP contribution in [0.15, 0.2) is 12.3 Å². The van der Waals surface area contributed by atoms with Crippen LogP contribution in [0.5, 0.6) is 0 Å². The Labute approximate surface area is 115 Å². The summed E-state index contributed by atoms with van der Waals surface area (Å²) < 4.78 is 0. The fraction of sp³-hybridized carbons (Fsp3) is 0.714. The Kier molecular flexibility index (Phi) is 7.81. The number of aromatic nitrogens is 2. The second kappa shape index (κ2) is 9.20. The predicted octanol–water partition coefficient (Wildman–Crippen LogP) is 3.40. The standard InChI is InChI=1S/C14H25N3S/c1-4-6-7-13-8-9-15-14(16-13)17(10-5-2)11-12-18-3/h8-9H,4-7,10-12H2,1-3H3. The Hall–Kier alpha value is -0.770. The fourth-order valence-corrected chi connectivity index (χ4v) is 2.22. The van der Waals surface area contributed by atoms with Crippen LogP contribution in [0.3, 0.4) is 0 Å². The van der Waals surface area contributed by atoms with Gasteiger partial charge in [-0.1, -0.05) is 20.3 Å². The van der Waals surface area contributed by atoms with Crippen molar-refractivity contribution in [2.45, 2.75) is 39.5 Å². The van der Waals surface area contributed by atoms with Crippen LogP contribution in [0, 0.1) is 0 Å². The van der Waals surface area contributed by atoms with E-state index in [1.807, 2.05) is 24.0 Å². The number of nitrogens with zero attached hydrogens (tertiary/aromatic N) is 3. The van der Waals surface area contributed by atoms with Crippen LogP contribution in [-0.2, 0) is 6.42 Å². The quantitative estimate of drug-likeness (QED) is 0.686. The van der Waals surface area contributed by atoms with E-state index in [-0.39, 0.29) is 0 Å². The molecule has 0 spiro atoms. The van der Waals surface area contributed by atoms with E-state index in [0.29, 0.717) is 0 Å². The zero-order chi connectivity index (χ0) is 13.2. The van der Waals surface area contributed by atoms with Crippen LogP contribution in [0.25, 0.3) is 0 Å². The highest BCUT2D eigenvalue weighted by Crippen LogP contribution is 2.11. The molecule has 0 radical (unpaired) electrons. The van der Waals surface area contributed by atoms with Crippen LogP contribution in [0.2, 0.25) is 0 Å². The van der Waals surface area contributed by atoms with E-state index in [9.17, 15) is 0 Å². The first-order valence-electron chi connectivity index (χ1n) is 6.87. The average Bonchev–Trinajstić information content (AvgIpc) is 2.41. The van der Waals surface area contributed by atoms with E-state index >= 15 is 0 Å². The molecule has 0 saturated carbocycles. The lowest BCUT2D eigenvalue weighted by Crippen LogP contribution is -2.28. The maximum absolute atomic E-state index is 4.69. The lowest BCUT2D eigenvalue weighted by Gasteiger charge is -2.21. The molecule has 102 valence electrons. The van der Waals surface area contributed by atoms with Gasteiger partial charge in [-0.05, 0) is 31.6 Å². The van der Waals surface area contributed by atoms with Crippen molar-refractivity contribution in [2.75, 3.05) is 30.0 Å². The van der Waals surface area contributed by atoms with Gasteiger partial charge < -0.3 is 4.90 Å². The van der Waals surface area contributed by atoms with E-state index < -0.39 is 0 Å². The highest BCUT2D eigenvalue weighted by Gasteiger charge is 2.08. The monoisotopic (exact) mass is 267 g/mol. The normalized spacial score (nSPS) is 10.6. The van der Waals surface area contributed by atoms with Gasteiger partial charge in [0, 0.05) is 30.7 Å². The number of thioether (sulfide) groups is 1. The van der Waals surface area contributed by atoms with Crippen LogP contribution < -0.4 is 4.90 Å². The lowest BCUT2D eigenvalue weighted by atomic mass is 10.2. The highest BCUT2D eigenvalue weighted by molar-refractivity contribution is 7.98. The Morgan fingerprint density at radius 1 is 1.22 bits per heavy atom. The van der Waals surface area contributed by atoms with Gasteiger partial charge in [-0.2, -0.15) is 11.8 Å². The maximum Gasteiger partial charge on any atom is 0.225 e. The second-order valence-electron chi connectivity index (χ2n) is 4.43.